The average molecular weight is 212 g/mol. The highest BCUT2D eigenvalue weighted by Gasteiger charge is 2.36. The maximum absolute atomic E-state index is 11.9. The second-order valence-corrected chi connectivity index (χ2v) is 4.91. The third-order valence-electron chi connectivity index (χ3n) is 3.45. The molecule has 0 aromatic carbocycles. The van der Waals surface area contributed by atoms with E-state index in [2.05, 4.69) is 33.0 Å². The van der Waals surface area contributed by atoms with Gasteiger partial charge in [0.25, 0.3) is 0 Å². The standard InChI is InChI=1S/C12H24N2O/c1-6-8(2)7-9(3)14-11(5)13-10(4)12(14)15/h8-11,13H,6-7H2,1-5H3. The van der Waals surface area contributed by atoms with Gasteiger partial charge in [-0.1, -0.05) is 20.3 Å². The van der Waals surface area contributed by atoms with Crippen LogP contribution in [0.4, 0.5) is 0 Å². The Morgan fingerprint density at radius 2 is 2.00 bits per heavy atom. The maximum Gasteiger partial charge on any atom is 0.240 e. The molecule has 0 radical (unpaired) electrons. The molecule has 1 heterocycles. The summed E-state index contributed by atoms with van der Waals surface area (Å²) >= 11 is 0. The Bertz CT molecular complexity index is 230. The molecule has 15 heavy (non-hydrogen) atoms. The molecule has 1 N–H and O–H groups in total. The van der Waals surface area contributed by atoms with Gasteiger partial charge in [0.1, 0.15) is 0 Å². The molecule has 4 unspecified atom stereocenters. The number of amides is 1. The monoisotopic (exact) mass is 212 g/mol. The molecular weight excluding hydrogens is 188 g/mol. The zero-order valence-corrected chi connectivity index (χ0v) is 10.6. The van der Waals surface area contributed by atoms with Crippen molar-refractivity contribution in [3.63, 3.8) is 0 Å². The fourth-order valence-electron chi connectivity index (χ4n) is 2.39. The van der Waals surface area contributed by atoms with E-state index in [-0.39, 0.29) is 18.1 Å². The Morgan fingerprint density at radius 1 is 1.40 bits per heavy atom. The average Bonchev–Trinajstić information content (AvgIpc) is 2.41. The predicted molar refractivity (Wildman–Crippen MR) is 62.4 cm³/mol. The smallest absolute Gasteiger partial charge is 0.240 e. The van der Waals surface area contributed by atoms with Gasteiger partial charge >= 0.3 is 0 Å². The summed E-state index contributed by atoms with van der Waals surface area (Å²) in [4.78, 5) is 13.9. The lowest BCUT2D eigenvalue weighted by atomic mass is 9.99. The van der Waals surface area contributed by atoms with Crippen LogP contribution < -0.4 is 5.32 Å². The van der Waals surface area contributed by atoms with Crippen LogP contribution in [0.1, 0.15) is 47.5 Å². The van der Waals surface area contributed by atoms with E-state index in [0.717, 1.165) is 6.42 Å². The summed E-state index contributed by atoms with van der Waals surface area (Å²) in [6.45, 7) is 10.6. The second-order valence-electron chi connectivity index (χ2n) is 4.91. The SMILES string of the molecule is CCC(C)CC(C)N1C(=O)C(C)NC1C. The van der Waals surface area contributed by atoms with Gasteiger partial charge in [0, 0.05) is 6.04 Å². The highest BCUT2D eigenvalue weighted by molar-refractivity contribution is 5.84. The van der Waals surface area contributed by atoms with Crippen LogP contribution in [-0.2, 0) is 4.79 Å². The van der Waals surface area contributed by atoms with E-state index in [0.29, 0.717) is 12.0 Å². The molecule has 1 amide bonds. The van der Waals surface area contributed by atoms with E-state index in [4.69, 9.17) is 0 Å². The molecule has 1 saturated heterocycles. The lowest BCUT2D eigenvalue weighted by Gasteiger charge is -2.30. The Morgan fingerprint density at radius 3 is 2.40 bits per heavy atom. The molecule has 1 fully saturated rings. The van der Waals surface area contributed by atoms with Gasteiger partial charge in [0.15, 0.2) is 0 Å². The highest BCUT2D eigenvalue weighted by atomic mass is 16.2. The van der Waals surface area contributed by atoms with Crippen molar-refractivity contribution in [3.8, 4) is 0 Å². The molecule has 1 aliphatic heterocycles. The number of carbonyl (C=O) groups excluding carboxylic acids is 1. The number of hydrogen-bond donors (Lipinski definition) is 1. The summed E-state index contributed by atoms with van der Waals surface area (Å²) in [5.74, 6) is 0.939. The molecule has 3 heteroatoms. The zero-order chi connectivity index (χ0) is 11.6. The summed E-state index contributed by atoms with van der Waals surface area (Å²) in [5.41, 5.74) is 0. The van der Waals surface area contributed by atoms with E-state index in [1.807, 2.05) is 11.8 Å². The Balaban J connectivity index is 2.58. The van der Waals surface area contributed by atoms with Crippen molar-refractivity contribution in [2.75, 3.05) is 0 Å². The van der Waals surface area contributed by atoms with E-state index in [1.54, 1.807) is 0 Å². The van der Waals surface area contributed by atoms with Crippen molar-refractivity contribution in [2.45, 2.75) is 65.7 Å². The van der Waals surface area contributed by atoms with E-state index in [9.17, 15) is 4.79 Å². The van der Waals surface area contributed by atoms with Gasteiger partial charge in [-0.3, -0.25) is 10.1 Å². The number of nitrogens with zero attached hydrogens (tertiary/aromatic N) is 1. The van der Waals surface area contributed by atoms with Crippen LogP contribution in [0.15, 0.2) is 0 Å². The van der Waals surface area contributed by atoms with E-state index < -0.39 is 0 Å². The van der Waals surface area contributed by atoms with Gasteiger partial charge in [-0.25, -0.2) is 0 Å². The maximum atomic E-state index is 11.9. The first kappa shape index (κ1) is 12.5. The Labute approximate surface area is 93.2 Å². The first-order chi connectivity index (χ1) is 6.97. The number of nitrogens with one attached hydrogen (secondary N) is 1. The summed E-state index contributed by atoms with van der Waals surface area (Å²) in [6.07, 6.45) is 2.47. The molecular formula is C12H24N2O. The molecule has 1 aliphatic rings. The molecule has 0 aromatic rings. The quantitative estimate of drug-likeness (QED) is 0.773. The summed E-state index contributed by atoms with van der Waals surface area (Å²) < 4.78 is 0. The third kappa shape index (κ3) is 2.71. The number of carbonyl (C=O) groups is 1. The van der Waals surface area contributed by atoms with Gasteiger partial charge < -0.3 is 4.90 Å². The van der Waals surface area contributed by atoms with Gasteiger partial charge in [0.05, 0.1) is 12.2 Å². The van der Waals surface area contributed by atoms with Gasteiger partial charge in [-0.15, -0.1) is 0 Å². The van der Waals surface area contributed by atoms with Crippen LogP contribution in [0.2, 0.25) is 0 Å². The summed E-state index contributed by atoms with van der Waals surface area (Å²) in [5, 5.41) is 3.27. The normalized spacial score (nSPS) is 30.7. The summed E-state index contributed by atoms with van der Waals surface area (Å²) in [6, 6.07) is 0.333. The second kappa shape index (κ2) is 4.97. The topological polar surface area (TPSA) is 32.3 Å². The number of hydrogen-bond acceptors (Lipinski definition) is 2. The minimum atomic E-state index is -0.0145. The Hall–Kier alpha value is -0.570. The molecule has 0 aromatic heterocycles. The van der Waals surface area contributed by atoms with E-state index in [1.165, 1.54) is 6.42 Å². The zero-order valence-electron chi connectivity index (χ0n) is 10.6. The largest absolute Gasteiger partial charge is 0.323 e. The molecule has 0 spiro atoms. The van der Waals surface area contributed by atoms with Crippen molar-refractivity contribution < 1.29 is 4.79 Å². The van der Waals surface area contributed by atoms with Crippen LogP contribution >= 0.6 is 0 Å². The van der Waals surface area contributed by atoms with Gasteiger partial charge in [-0.05, 0) is 33.1 Å². The molecule has 0 bridgehead atoms. The van der Waals surface area contributed by atoms with Gasteiger partial charge in [-0.2, -0.15) is 0 Å². The molecule has 4 atom stereocenters. The van der Waals surface area contributed by atoms with Crippen LogP contribution in [0, 0.1) is 5.92 Å². The predicted octanol–water partition coefficient (Wildman–Crippen LogP) is 1.98. The Kier molecular flexibility index (Phi) is 4.14. The lowest BCUT2D eigenvalue weighted by Crippen LogP contribution is -2.42. The fourth-order valence-corrected chi connectivity index (χ4v) is 2.39. The minimum Gasteiger partial charge on any atom is -0.323 e. The molecule has 0 aliphatic carbocycles. The van der Waals surface area contributed by atoms with Crippen LogP contribution in [0.5, 0.6) is 0 Å². The molecule has 88 valence electrons. The number of rotatable bonds is 4. The first-order valence-electron chi connectivity index (χ1n) is 6.05. The van der Waals surface area contributed by atoms with Crippen molar-refractivity contribution >= 4 is 5.91 Å². The van der Waals surface area contributed by atoms with Crippen LogP contribution in [-0.4, -0.2) is 29.1 Å². The lowest BCUT2D eigenvalue weighted by molar-refractivity contribution is -0.131. The summed E-state index contributed by atoms with van der Waals surface area (Å²) in [7, 11) is 0. The van der Waals surface area contributed by atoms with E-state index >= 15 is 0 Å². The fraction of sp³-hybridized carbons (Fsp3) is 0.917. The highest BCUT2D eigenvalue weighted by Crippen LogP contribution is 2.20. The van der Waals surface area contributed by atoms with Crippen molar-refractivity contribution in [1.82, 2.24) is 10.2 Å². The van der Waals surface area contributed by atoms with Gasteiger partial charge in [0.2, 0.25) is 5.91 Å². The van der Waals surface area contributed by atoms with Crippen molar-refractivity contribution in [3.05, 3.63) is 0 Å². The van der Waals surface area contributed by atoms with Crippen molar-refractivity contribution in [2.24, 2.45) is 5.92 Å². The third-order valence-corrected chi connectivity index (χ3v) is 3.45. The van der Waals surface area contributed by atoms with Crippen LogP contribution in [0.3, 0.4) is 0 Å². The molecule has 3 nitrogen and oxygen atoms in total. The minimum absolute atomic E-state index is 0.0145. The molecule has 1 rings (SSSR count). The van der Waals surface area contributed by atoms with Crippen LogP contribution in [0.25, 0.3) is 0 Å². The first-order valence-corrected chi connectivity index (χ1v) is 6.05. The van der Waals surface area contributed by atoms with Crippen molar-refractivity contribution in [1.29, 1.82) is 0 Å². The molecule has 0 saturated carbocycles.